The Morgan fingerprint density at radius 2 is 0.833 bits per heavy atom. The third-order valence-corrected chi connectivity index (χ3v) is 16.9. The van der Waals surface area contributed by atoms with E-state index in [1.165, 1.54) is 65.5 Å². The van der Waals surface area contributed by atoms with E-state index >= 15 is 0 Å². The summed E-state index contributed by atoms with van der Waals surface area (Å²) in [6.07, 6.45) is -16.2. The number of halogens is 17. The summed E-state index contributed by atoms with van der Waals surface area (Å²) >= 11 is 23.0. The molecule has 0 spiro atoms. The number of rotatable bonds is 10. The lowest BCUT2D eigenvalue weighted by Gasteiger charge is -2.13. The molecule has 0 unspecified atom stereocenters. The Hall–Kier alpha value is -8.54. The van der Waals surface area contributed by atoms with Crippen molar-refractivity contribution >= 4 is 161 Å². The second kappa shape index (κ2) is 29.4. The number of carboxylic acid groups (broad SMARTS) is 1. The fourth-order valence-corrected chi connectivity index (χ4v) is 12.3. The normalized spacial score (nSPS) is 11.7. The number of amides is 2. The van der Waals surface area contributed by atoms with E-state index in [-0.39, 0.29) is 77.3 Å². The number of hydrogen-bond donors (Lipinski definition) is 7. The molecule has 0 atom stereocenters. The number of aromatic carboxylic acids is 1. The molecule has 0 aliphatic rings. The molecule has 0 aliphatic carbocycles. The fourth-order valence-electron chi connectivity index (χ4n) is 8.88. The van der Waals surface area contributed by atoms with Gasteiger partial charge in [-0.25, -0.2) is 9.59 Å². The lowest BCUT2D eigenvalue weighted by Crippen LogP contribution is -2.25. The van der Waals surface area contributed by atoms with Gasteiger partial charge in [-0.1, -0.05) is 71.0 Å². The zero-order valence-corrected chi connectivity index (χ0v) is 55.3. The maximum absolute atomic E-state index is 13.7. The summed E-state index contributed by atoms with van der Waals surface area (Å²) < 4.78 is 170. The maximum atomic E-state index is 13.7. The average molecular weight is 1620 g/mol. The molecule has 36 heteroatoms. The van der Waals surface area contributed by atoms with Crippen molar-refractivity contribution in [1.29, 1.82) is 0 Å². The van der Waals surface area contributed by atoms with E-state index in [4.69, 9.17) is 32.7 Å². The minimum Gasteiger partial charge on any atom is -0.477 e. The Morgan fingerprint density at radius 3 is 1.17 bits per heavy atom. The summed E-state index contributed by atoms with van der Waals surface area (Å²) in [6.45, 7) is 1.87. The molecule has 4 aromatic carbocycles. The highest BCUT2D eigenvalue weighted by Gasteiger charge is 2.38. The topological polar surface area (TPSA) is 266 Å². The first kappa shape index (κ1) is 73.3. The monoisotopic (exact) mass is 1610 g/mol. The third kappa shape index (κ3) is 17.7. The van der Waals surface area contributed by atoms with Gasteiger partial charge in [0.25, 0.3) is 11.8 Å². The number of carbonyl (C=O) groups excluding carboxylic acids is 3. The Balaban J connectivity index is 0.000000166. The highest BCUT2D eigenvalue weighted by Crippen LogP contribution is 2.40. The van der Waals surface area contributed by atoms with E-state index in [0.29, 0.717) is 14.2 Å². The molecule has 0 fully saturated rings. The lowest BCUT2D eigenvalue weighted by atomic mass is 10.0. The van der Waals surface area contributed by atoms with Gasteiger partial charge in [-0.15, -0.1) is 22.7 Å². The van der Waals surface area contributed by atoms with Gasteiger partial charge >= 0.3 is 36.6 Å². The molecule has 0 bridgehead atoms. The number of alkyl halides is 12. The third-order valence-electron chi connectivity index (χ3n) is 13.0. The fraction of sp³-hybridized carbons (Fsp3) is 0.133. The van der Waals surface area contributed by atoms with Crippen molar-refractivity contribution in [2.75, 3.05) is 6.61 Å². The van der Waals surface area contributed by atoms with Gasteiger partial charge in [0.2, 0.25) is 0 Å². The van der Waals surface area contributed by atoms with Gasteiger partial charge in [0.1, 0.15) is 22.8 Å². The first-order valence-electron chi connectivity index (χ1n) is 26.4. The Morgan fingerprint density at radius 1 is 0.490 bits per heavy atom. The highest BCUT2D eigenvalue weighted by atomic mass is 79.9. The van der Waals surface area contributed by atoms with Gasteiger partial charge in [-0.3, -0.25) is 28.8 Å². The summed E-state index contributed by atoms with van der Waals surface area (Å²) in [6, 6.07) is 20.4. The van der Waals surface area contributed by atoms with Crippen LogP contribution < -0.4 is 32.3 Å². The molecular weight excluding hydrogens is 1580 g/mol. The van der Waals surface area contributed by atoms with Gasteiger partial charge in [0, 0.05) is 74.5 Å². The first-order valence-corrected chi connectivity index (χ1v) is 31.1. The molecule has 0 saturated carbocycles. The number of carbonyl (C=O) groups is 4. The number of aromatic amines is 4. The second-order valence-corrected chi connectivity index (χ2v) is 25.9. The van der Waals surface area contributed by atoms with Crippen molar-refractivity contribution < 1.29 is 86.1 Å². The zero-order valence-electron chi connectivity index (χ0n) is 47.4. The van der Waals surface area contributed by atoms with E-state index in [1.807, 2.05) is 0 Å². The molecule has 2 amide bonds. The van der Waals surface area contributed by atoms with E-state index in [1.54, 1.807) is 31.2 Å². The van der Waals surface area contributed by atoms with Crippen molar-refractivity contribution in [3.63, 3.8) is 0 Å². The van der Waals surface area contributed by atoms with Crippen LogP contribution in [0.3, 0.4) is 0 Å². The number of aromatic nitrogens is 4. The molecule has 7 heterocycles. The van der Waals surface area contributed by atoms with Crippen LogP contribution in [0.1, 0.15) is 80.9 Å². The molecule has 0 aliphatic heterocycles. The van der Waals surface area contributed by atoms with Crippen molar-refractivity contribution in [2.45, 2.75) is 44.7 Å². The Labute approximate surface area is 569 Å². The van der Waals surface area contributed by atoms with Crippen LogP contribution in [-0.4, -0.2) is 55.4 Å². The van der Waals surface area contributed by atoms with Gasteiger partial charge in [0.05, 0.1) is 85.2 Å². The number of benzene rings is 4. The van der Waals surface area contributed by atoms with Gasteiger partial charge in [-0.2, -0.15) is 52.7 Å². The molecule has 17 nitrogen and oxygen atoms in total. The van der Waals surface area contributed by atoms with Crippen molar-refractivity contribution in [2.24, 2.45) is 0 Å². The molecule has 11 aromatic rings. The number of hydrogen-bond acceptors (Lipinski definition) is 12. The van der Waals surface area contributed by atoms with Crippen molar-refractivity contribution in [3.8, 4) is 11.1 Å². The molecular formula is C60H35Br3Cl2F12N6O11S2. The van der Waals surface area contributed by atoms with Crippen LogP contribution in [0.5, 0.6) is 0 Å². The van der Waals surface area contributed by atoms with Crippen LogP contribution in [0.4, 0.5) is 52.7 Å². The van der Waals surface area contributed by atoms with Crippen LogP contribution in [0.2, 0.25) is 8.67 Å². The summed E-state index contributed by atoms with van der Waals surface area (Å²) in [5.74, 6) is -3.78. The van der Waals surface area contributed by atoms with Gasteiger partial charge < -0.3 is 44.8 Å². The van der Waals surface area contributed by atoms with Crippen LogP contribution in [0.25, 0.3) is 54.7 Å². The summed E-state index contributed by atoms with van der Waals surface area (Å²) in [7, 11) is 0. The van der Waals surface area contributed by atoms with Crippen LogP contribution >= 0.6 is 93.7 Å². The molecule has 0 radical (unpaired) electrons. The number of nitrogens with one attached hydrogen (secondary N) is 6. The Bertz CT molecular complexity index is 5110. The van der Waals surface area contributed by atoms with Crippen molar-refractivity contribution in [1.82, 2.24) is 30.6 Å². The van der Waals surface area contributed by atoms with E-state index in [9.17, 15) is 91.0 Å². The van der Waals surface area contributed by atoms with E-state index in [0.717, 1.165) is 58.3 Å². The maximum Gasteiger partial charge on any atom is 0.418 e. The number of H-pyrrole nitrogens is 4. The molecule has 502 valence electrons. The average Bonchev–Trinajstić information content (AvgIpc) is 0.905. The van der Waals surface area contributed by atoms with Gasteiger partial charge in [0.15, 0.2) is 21.7 Å². The number of fused-ring (bicyclic) bond motifs is 4. The number of ether oxygens (including phenoxy) is 1. The molecule has 11 rings (SSSR count). The molecule has 7 N–H and O–H groups in total. The highest BCUT2D eigenvalue weighted by molar-refractivity contribution is 9.11. The second-order valence-electron chi connectivity index (χ2n) is 19.6. The number of thiophene rings is 2. The smallest absolute Gasteiger partial charge is 0.418 e. The van der Waals surface area contributed by atoms with Crippen LogP contribution in [0, 0.1) is 0 Å². The zero-order chi connectivity index (χ0) is 70.7. The summed E-state index contributed by atoms with van der Waals surface area (Å²) in [4.78, 5) is 106. The minimum atomic E-state index is -4.75. The van der Waals surface area contributed by atoms with E-state index < -0.39 is 120 Å². The van der Waals surface area contributed by atoms with E-state index in [2.05, 4.69) is 83.1 Å². The largest absolute Gasteiger partial charge is 0.477 e. The van der Waals surface area contributed by atoms with Crippen LogP contribution in [-0.2, 0) is 42.5 Å². The number of carboxylic acids is 1. The predicted octanol–water partition coefficient (Wildman–Crippen LogP) is 16.9. The molecule has 7 aromatic heterocycles. The minimum absolute atomic E-state index is 0.0470. The predicted molar refractivity (Wildman–Crippen MR) is 343 cm³/mol. The standard InChI is InChI=1S/C20H12ClF3N2O3S.C16H9BrClF3N2O2S.C13H9BrF3NO3.C11H5BrF3NO3/c21-17-2-1-12(30-17)8-25-19(28)15-7-16(27)13-5-11(10-3-4-29-9-10)6-14(18(13)26-15)20(22,23)24;17-7-3-9-12(24)5-11(23-14(9)10(4-7)16(19,20)21)15(25)22-6-8-1-2-13(18)26-8;1-2-21-12(20)9-5-10(19)7-3-6(14)4-8(11(7)18-9)13(15,16)17;12-4-1-5-8(17)3-7(10(18)19)16-9(5)6(2-4)11(13,14)15/h1-7,9H,8H2,(H,25,28)(H,26,27);1-5H,6H2,(H,22,25)(H,23,24);3-5H,2H2,1H3,(H,18,19);1-3H,(H,16,17)(H,18,19). The lowest BCUT2D eigenvalue weighted by molar-refractivity contribution is -0.137. The quantitative estimate of drug-likeness (QED) is 0.0500. The summed E-state index contributed by atoms with van der Waals surface area (Å²) in [5, 5.41) is 13.1. The van der Waals surface area contributed by atoms with Gasteiger partial charge in [-0.05, 0) is 91.3 Å². The molecule has 96 heavy (non-hydrogen) atoms. The Kier molecular flexibility index (Phi) is 22.5. The number of esters is 1. The number of furan rings is 1. The summed E-state index contributed by atoms with van der Waals surface area (Å²) in [5.41, 5.74) is -9.80. The van der Waals surface area contributed by atoms with Crippen LogP contribution in [0.15, 0.2) is 153 Å². The first-order chi connectivity index (χ1) is 44.8. The SMILES string of the molecule is CCOC(=O)c1cc(=O)c2cc(Br)cc(C(F)(F)F)c2[nH]1.O=C(NCc1ccc(Cl)s1)c1cc(=O)c2cc(-c3ccoc3)cc(C(F)(F)F)c2[nH]1.O=C(NCc1ccc(Cl)s1)c1cc(=O)c2cc(Br)cc(C(F)(F)F)c2[nH]1.O=C(O)c1cc(=O)c2cc(Br)cc(C(F)(F)F)c2[nH]1. The number of pyridine rings is 4. The molecule has 0 saturated heterocycles. The van der Waals surface area contributed by atoms with Crippen molar-refractivity contribution in [3.05, 3.63) is 233 Å².